The predicted molar refractivity (Wildman–Crippen MR) is 92.3 cm³/mol. The highest BCUT2D eigenvalue weighted by molar-refractivity contribution is 7.80. The molecule has 0 aromatic heterocycles. The molecule has 1 aliphatic heterocycles. The Hall–Kier alpha value is -0.680. The number of thiocarbonyl (C=S) groups is 1. The number of carbonyl (C=O) groups is 1. The molecule has 1 amide bonds. The highest BCUT2D eigenvalue weighted by Crippen LogP contribution is 2.19. The van der Waals surface area contributed by atoms with Crippen molar-refractivity contribution in [2.45, 2.75) is 58.9 Å². The number of hydrogen-bond acceptors (Lipinski definition) is 3. The fraction of sp³-hybridized carbons (Fsp3) is 0.875. The topological polar surface area (TPSA) is 49.6 Å². The van der Waals surface area contributed by atoms with Gasteiger partial charge in [0, 0.05) is 32.1 Å². The molecule has 122 valence electrons. The highest BCUT2D eigenvalue weighted by Gasteiger charge is 2.29. The van der Waals surface area contributed by atoms with E-state index in [1.54, 1.807) is 0 Å². The van der Waals surface area contributed by atoms with Gasteiger partial charge in [0.25, 0.3) is 0 Å². The first-order valence-electron chi connectivity index (χ1n) is 8.37. The number of nitrogens with zero attached hydrogens (tertiary/aromatic N) is 2. The van der Waals surface area contributed by atoms with Gasteiger partial charge in [0.1, 0.15) is 0 Å². The number of hydrogen-bond donors (Lipinski definition) is 1. The van der Waals surface area contributed by atoms with Gasteiger partial charge in [-0.05, 0) is 19.3 Å². The van der Waals surface area contributed by atoms with Gasteiger partial charge in [-0.3, -0.25) is 9.69 Å². The maximum Gasteiger partial charge on any atom is 0.225 e. The smallest absolute Gasteiger partial charge is 0.225 e. The van der Waals surface area contributed by atoms with Crippen LogP contribution in [0.5, 0.6) is 0 Å². The molecular formula is C16H31N3OS. The van der Waals surface area contributed by atoms with Gasteiger partial charge >= 0.3 is 0 Å². The highest BCUT2D eigenvalue weighted by atomic mass is 32.1. The van der Waals surface area contributed by atoms with E-state index < -0.39 is 0 Å². The molecule has 1 heterocycles. The van der Waals surface area contributed by atoms with Gasteiger partial charge in [-0.25, -0.2) is 0 Å². The van der Waals surface area contributed by atoms with E-state index in [0.29, 0.717) is 10.9 Å². The summed E-state index contributed by atoms with van der Waals surface area (Å²) >= 11 is 5.14. The lowest BCUT2D eigenvalue weighted by Crippen LogP contribution is -2.55. The molecule has 1 atom stereocenters. The quantitative estimate of drug-likeness (QED) is 0.699. The molecule has 0 spiro atoms. The largest absolute Gasteiger partial charge is 0.392 e. The monoisotopic (exact) mass is 313 g/mol. The zero-order valence-corrected chi connectivity index (χ0v) is 14.6. The van der Waals surface area contributed by atoms with Crippen LogP contribution < -0.4 is 5.73 Å². The van der Waals surface area contributed by atoms with E-state index in [2.05, 4.69) is 25.7 Å². The summed E-state index contributed by atoms with van der Waals surface area (Å²) in [6.07, 6.45) is 5.12. The molecule has 1 rings (SSSR count). The average molecular weight is 314 g/mol. The van der Waals surface area contributed by atoms with Gasteiger partial charge in [0.15, 0.2) is 0 Å². The maximum absolute atomic E-state index is 12.6. The fourth-order valence-corrected chi connectivity index (χ4v) is 3.56. The summed E-state index contributed by atoms with van der Waals surface area (Å²) in [5.74, 6) is 0.561. The second-order valence-electron chi connectivity index (χ2n) is 5.96. The summed E-state index contributed by atoms with van der Waals surface area (Å²) < 4.78 is 0. The number of rotatable bonds is 8. The molecule has 2 N–H and O–H groups in total. The number of carbonyl (C=O) groups excluding carboxylic acids is 1. The van der Waals surface area contributed by atoms with E-state index in [0.717, 1.165) is 58.3 Å². The molecule has 1 saturated heterocycles. The van der Waals surface area contributed by atoms with Crippen LogP contribution in [0.25, 0.3) is 0 Å². The molecular weight excluding hydrogens is 282 g/mol. The van der Waals surface area contributed by atoms with Crippen LogP contribution in [-0.4, -0.2) is 52.9 Å². The van der Waals surface area contributed by atoms with Gasteiger partial charge in [-0.15, -0.1) is 0 Å². The SMILES string of the molecule is CCCC(CCC)C(=O)N1CCN(C(CC)C(N)=S)CC1. The number of amides is 1. The van der Waals surface area contributed by atoms with E-state index in [4.69, 9.17) is 18.0 Å². The molecule has 0 bridgehead atoms. The molecule has 0 aliphatic carbocycles. The summed E-state index contributed by atoms with van der Waals surface area (Å²) in [5, 5.41) is 0. The van der Waals surface area contributed by atoms with Crippen LogP contribution in [0.3, 0.4) is 0 Å². The first-order chi connectivity index (χ1) is 10.0. The van der Waals surface area contributed by atoms with Gasteiger partial charge in [-0.1, -0.05) is 45.8 Å². The number of piperazine rings is 1. The average Bonchev–Trinajstić information content (AvgIpc) is 2.47. The number of nitrogens with two attached hydrogens (primary N) is 1. The standard InChI is InChI=1S/C16H31N3OS/c1-4-7-13(8-5-2)16(20)19-11-9-18(10-12-19)14(6-3)15(17)21/h13-14H,4-12H2,1-3H3,(H2,17,21). The second kappa shape index (κ2) is 9.36. The van der Waals surface area contributed by atoms with Crippen LogP contribution in [0.4, 0.5) is 0 Å². The van der Waals surface area contributed by atoms with Gasteiger partial charge < -0.3 is 10.6 Å². The van der Waals surface area contributed by atoms with Crippen LogP contribution in [0.1, 0.15) is 52.9 Å². The Morgan fingerprint density at radius 2 is 1.62 bits per heavy atom. The van der Waals surface area contributed by atoms with E-state index in [1.165, 1.54) is 0 Å². The summed E-state index contributed by atoms with van der Waals surface area (Å²) in [6, 6.07) is 0.180. The summed E-state index contributed by atoms with van der Waals surface area (Å²) in [7, 11) is 0. The Balaban J connectivity index is 2.54. The van der Waals surface area contributed by atoms with Crippen molar-refractivity contribution in [3.05, 3.63) is 0 Å². The molecule has 1 fully saturated rings. The van der Waals surface area contributed by atoms with Crippen LogP contribution in [0.2, 0.25) is 0 Å². The summed E-state index contributed by atoms with van der Waals surface area (Å²) in [4.78, 5) is 17.6. The third-order valence-corrected chi connectivity index (χ3v) is 4.68. The van der Waals surface area contributed by atoms with Crippen molar-refractivity contribution in [2.75, 3.05) is 26.2 Å². The van der Waals surface area contributed by atoms with E-state index >= 15 is 0 Å². The third-order valence-electron chi connectivity index (χ3n) is 4.41. The minimum absolute atomic E-state index is 0.180. The van der Waals surface area contributed by atoms with Crippen molar-refractivity contribution in [1.82, 2.24) is 9.80 Å². The maximum atomic E-state index is 12.6. The zero-order chi connectivity index (χ0) is 15.8. The second-order valence-corrected chi connectivity index (χ2v) is 6.43. The molecule has 21 heavy (non-hydrogen) atoms. The Kier molecular flexibility index (Phi) is 8.19. The van der Waals surface area contributed by atoms with Crippen LogP contribution in [0.15, 0.2) is 0 Å². The summed E-state index contributed by atoms with van der Waals surface area (Å²) in [5.41, 5.74) is 5.81. The predicted octanol–water partition coefficient (Wildman–Crippen LogP) is 2.41. The minimum Gasteiger partial charge on any atom is -0.392 e. The lowest BCUT2D eigenvalue weighted by atomic mass is 9.96. The molecule has 0 saturated carbocycles. The molecule has 1 aliphatic rings. The molecule has 0 radical (unpaired) electrons. The van der Waals surface area contributed by atoms with E-state index in [-0.39, 0.29) is 12.0 Å². The van der Waals surface area contributed by atoms with Gasteiger partial charge in [0.05, 0.1) is 11.0 Å². The molecule has 0 aromatic rings. The van der Waals surface area contributed by atoms with Crippen molar-refractivity contribution >= 4 is 23.1 Å². The Morgan fingerprint density at radius 3 is 2.00 bits per heavy atom. The first-order valence-corrected chi connectivity index (χ1v) is 8.78. The molecule has 5 heteroatoms. The molecule has 4 nitrogen and oxygen atoms in total. The van der Waals surface area contributed by atoms with Crippen molar-refractivity contribution in [2.24, 2.45) is 11.7 Å². The Morgan fingerprint density at radius 1 is 1.10 bits per heavy atom. The zero-order valence-electron chi connectivity index (χ0n) is 13.8. The third kappa shape index (κ3) is 5.22. The van der Waals surface area contributed by atoms with Crippen molar-refractivity contribution in [1.29, 1.82) is 0 Å². The van der Waals surface area contributed by atoms with Crippen molar-refractivity contribution < 1.29 is 4.79 Å². The normalized spacial score (nSPS) is 18.0. The Labute approximate surface area is 135 Å². The van der Waals surface area contributed by atoms with Crippen LogP contribution >= 0.6 is 12.2 Å². The lowest BCUT2D eigenvalue weighted by molar-refractivity contribution is -0.138. The lowest BCUT2D eigenvalue weighted by Gasteiger charge is -2.39. The van der Waals surface area contributed by atoms with Crippen molar-refractivity contribution in [3.63, 3.8) is 0 Å². The molecule has 1 unspecified atom stereocenters. The van der Waals surface area contributed by atoms with E-state index in [9.17, 15) is 4.79 Å². The van der Waals surface area contributed by atoms with Gasteiger partial charge in [0.2, 0.25) is 5.91 Å². The van der Waals surface area contributed by atoms with Crippen LogP contribution in [-0.2, 0) is 4.79 Å². The summed E-state index contributed by atoms with van der Waals surface area (Å²) in [6.45, 7) is 9.80. The first kappa shape index (κ1) is 18.4. The minimum atomic E-state index is 0.180. The van der Waals surface area contributed by atoms with Crippen LogP contribution in [0, 0.1) is 5.92 Å². The Bertz CT molecular complexity index is 334. The van der Waals surface area contributed by atoms with Gasteiger partial charge in [-0.2, -0.15) is 0 Å². The fourth-order valence-electron chi connectivity index (χ4n) is 3.24. The van der Waals surface area contributed by atoms with Crippen molar-refractivity contribution in [3.8, 4) is 0 Å². The van der Waals surface area contributed by atoms with E-state index in [1.807, 2.05) is 4.90 Å². The molecule has 0 aromatic carbocycles.